The summed E-state index contributed by atoms with van der Waals surface area (Å²) in [5, 5.41) is 16.2. The van der Waals surface area contributed by atoms with E-state index in [1.807, 2.05) is 23.1 Å². The van der Waals surface area contributed by atoms with Crippen LogP contribution in [0.5, 0.6) is 5.75 Å². The van der Waals surface area contributed by atoms with Crippen molar-refractivity contribution in [3.05, 3.63) is 58.6 Å². The number of carbonyl (C=O) groups is 1. The second-order valence-electron chi connectivity index (χ2n) is 6.88. The lowest BCUT2D eigenvalue weighted by molar-refractivity contribution is 0.101. The fourth-order valence-corrected chi connectivity index (χ4v) is 3.49. The van der Waals surface area contributed by atoms with E-state index in [9.17, 15) is 14.7 Å². The highest BCUT2D eigenvalue weighted by atomic mass is 16.5. The highest BCUT2D eigenvalue weighted by molar-refractivity contribution is 6.04. The molecule has 1 aliphatic heterocycles. The Morgan fingerprint density at radius 2 is 2.24 bits per heavy atom. The third-order valence-electron chi connectivity index (χ3n) is 4.96. The summed E-state index contributed by atoms with van der Waals surface area (Å²) in [4.78, 5) is 35.8. The van der Waals surface area contributed by atoms with Gasteiger partial charge in [0.25, 0.3) is 11.5 Å². The van der Waals surface area contributed by atoms with Gasteiger partial charge in [0.1, 0.15) is 12.0 Å². The largest absolute Gasteiger partial charge is 0.501 e. The molecule has 4 heterocycles. The van der Waals surface area contributed by atoms with Gasteiger partial charge in [0, 0.05) is 37.9 Å². The number of nitrogens with one attached hydrogen (secondary N) is 1. The number of anilines is 2. The van der Waals surface area contributed by atoms with Crippen molar-refractivity contribution in [2.45, 2.75) is 18.8 Å². The van der Waals surface area contributed by atoms with Crippen molar-refractivity contribution >= 4 is 17.5 Å². The van der Waals surface area contributed by atoms with E-state index in [-0.39, 0.29) is 11.6 Å². The lowest BCUT2D eigenvalue weighted by Gasteiger charge is -2.34. The number of aromatic hydroxyl groups is 1. The molecule has 0 saturated carbocycles. The number of nitrogens with zero attached hydrogens (tertiary/aromatic N) is 5. The molecule has 4 rings (SSSR count). The molecule has 1 amide bonds. The number of carbonyl (C=O) groups excluding carboxylic acids is 1. The Bertz CT molecular complexity index is 1060. The van der Waals surface area contributed by atoms with E-state index in [1.54, 1.807) is 6.20 Å². The second kappa shape index (κ2) is 7.74. The summed E-state index contributed by atoms with van der Waals surface area (Å²) in [5.74, 6) is -0.916. The molecule has 3 aromatic heterocycles. The normalized spacial score (nSPS) is 16.6. The molecule has 0 aromatic carbocycles. The number of hydrogen-bond donors (Lipinski definition) is 2. The van der Waals surface area contributed by atoms with Crippen molar-refractivity contribution in [2.75, 3.05) is 23.3 Å². The van der Waals surface area contributed by atoms with Crippen LogP contribution in [0.4, 0.5) is 11.6 Å². The van der Waals surface area contributed by atoms with Crippen LogP contribution in [0.1, 0.15) is 34.9 Å². The smallest absolute Gasteiger partial charge is 0.297 e. The molecule has 3 aromatic rings. The van der Waals surface area contributed by atoms with Gasteiger partial charge in [-0.15, -0.1) is 0 Å². The van der Waals surface area contributed by atoms with Crippen LogP contribution in [0.3, 0.4) is 0 Å². The van der Waals surface area contributed by atoms with Crippen LogP contribution in [0.15, 0.2) is 46.2 Å². The molecule has 0 aliphatic carbocycles. The number of rotatable bonds is 4. The molecule has 150 valence electrons. The molecule has 1 saturated heterocycles. The summed E-state index contributed by atoms with van der Waals surface area (Å²) < 4.78 is 5.93. The molecule has 10 heteroatoms. The van der Waals surface area contributed by atoms with Crippen molar-refractivity contribution in [3.8, 4) is 5.75 Å². The Hall–Kier alpha value is -3.69. The molecule has 1 atom stereocenters. The third-order valence-corrected chi connectivity index (χ3v) is 4.96. The molecule has 1 unspecified atom stereocenters. The highest BCUT2D eigenvalue weighted by Crippen LogP contribution is 2.28. The van der Waals surface area contributed by atoms with E-state index in [0.29, 0.717) is 24.7 Å². The number of amides is 1. The summed E-state index contributed by atoms with van der Waals surface area (Å²) >= 11 is 0. The molecule has 2 N–H and O–H groups in total. The van der Waals surface area contributed by atoms with E-state index < -0.39 is 17.2 Å². The summed E-state index contributed by atoms with van der Waals surface area (Å²) in [6, 6.07) is 5.80. The van der Waals surface area contributed by atoms with Crippen LogP contribution in [-0.4, -0.2) is 43.8 Å². The minimum Gasteiger partial charge on any atom is -0.501 e. The Kier molecular flexibility index (Phi) is 4.98. The predicted molar refractivity (Wildman–Crippen MR) is 104 cm³/mol. The summed E-state index contributed by atoms with van der Waals surface area (Å²) in [5.41, 5.74) is 0.243. The van der Waals surface area contributed by atoms with E-state index in [2.05, 4.69) is 25.0 Å². The van der Waals surface area contributed by atoms with Gasteiger partial charge in [-0.25, -0.2) is 4.98 Å². The summed E-state index contributed by atoms with van der Waals surface area (Å²) in [6.45, 7) is 1.29. The Morgan fingerprint density at radius 3 is 2.97 bits per heavy atom. The van der Waals surface area contributed by atoms with Crippen LogP contribution >= 0.6 is 0 Å². The quantitative estimate of drug-likeness (QED) is 0.679. The van der Waals surface area contributed by atoms with E-state index in [1.165, 1.54) is 24.1 Å². The summed E-state index contributed by atoms with van der Waals surface area (Å²) in [7, 11) is 1.52. The monoisotopic (exact) mass is 396 g/mol. The Labute approximate surface area is 165 Å². The number of hydrogen-bond acceptors (Lipinski definition) is 8. The molecule has 1 aliphatic rings. The zero-order chi connectivity index (χ0) is 20.4. The molecule has 0 spiro atoms. The lowest BCUT2D eigenvalue weighted by Crippen LogP contribution is -2.39. The SMILES string of the molecule is Cn1c(N2CCCC(c3ccccn3)C2)nc(C(=O)Nc2cnoc2)c(O)c1=O. The maximum atomic E-state index is 12.5. The van der Waals surface area contributed by atoms with Gasteiger partial charge in [0.2, 0.25) is 11.7 Å². The van der Waals surface area contributed by atoms with Gasteiger partial charge in [0.05, 0.1) is 6.20 Å². The van der Waals surface area contributed by atoms with Gasteiger partial charge in [-0.1, -0.05) is 11.2 Å². The minimum absolute atomic E-state index is 0.185. The van der Waals surface area contributed by atoms with E-state index in [4.69, 9.17) is 0 Å². The van der Waals surface area contributed by atoms with Gasteiger partial charge in [-0.05, 0) is 25.0 Å². The highest BCUT2D eigenvalue weighted by Gasteiger charge is 2.28. The van der Waals surface area contributed by atoms with Gasteiger partial charge >= 0.3 is 0 Å². The molecule has 0 radical (unpaired) electrons. The molecule has 1 fully saturated rings. The van der Waals surface area contributed by atoms with Crippen LogP contribution in [-0.2, 0) is 7.05 Å². The molecule has 0 bridgehead atoms. The van der Waals surface area contributed by atoms with Gasteiger partial charge in [-0.2, -0.15) is 0 Å². The van der Waals surface area contributed by atoms with Crippen molar-refractivity contribution in [1.82, 2.24) is 19.7 Å². The zero-order valence-electron chi connectivity index (χ0n) is 15.8. The Morgan fingerprint density at radius 1 is 1.38 bits per heavy atom. The topological polar surface area (TPSA) is 126 Å². The van der Waals surface area contributed by atoms with Crippen LogP contribution < -0.4 is 15.8 Å². The molecular formula is C19H20N6O4. The van der Waals surface area contributed by atoms with Gasteiger partial charge < -0.3 is 19.8 Å². The van der Waals surface area contributed by atoms with Crippen molar-refractivity contribution in [1.29, 1.82) is 0 Å². The number of piperidine rings is 1. The van der Waals surface area contributed by atoms with E-state index >= 15 is 0 Å². The molecular weight excluding hydrogens is 376 g/mol. The van der Waals surface area contributed by atoms with Gasteiger partial charge in [-0.3, -0.25) is 19.1 Å². The van der Waals surface area contributed by atoms with Crippen molar-refractivity contribution in [3.63, 3.8) is 0 Å². The average molecular weight is 396 g/mol. The average Bonchev–Trinajstić information content (AvgIpc) is 3.26. The first-order valence-electron chi connectivity index (χ1n) is 9.21. The lowest BCUT2D eigenvalue weighted by atomic mass is 9.94. The predicted octanol–water partition coefficient (Wildman–Crippen LogP) is 1.51. The van der Waals surface area contributed by atoms with Crippen molar-refractivity contribution in [2.24, 2.45) is 7.05 Å². The number of pyridine rings is 1. The zero-order valence-corrected chi connectivity index (χ0v) is 15.8. The van der Waals surface area contributed by atoms with Crippen molar-refractivity contribution < 1.29 is 14.4 Å². The van der Waals surface area contributed by atoms with Crippen LogP contribution in [0, 0.1) is 0 Å². The second-order valence-corrected chi connectivity index (χ2v) is 6.88. The first-order chi connectivity index (χ1) is 14.0. The van der Waals surface area contributed by atoms with E-state index in [0.717, 1.165) is 18.5 Å². The molecule has 10 nitrogen and oxygen atoms in total. The molecule has 29 heavy (non-hydrogen) atoms. The number of aromatic nitrogens is 4. The van der Waals surface area contributed by atoms with Crippen LogP contribution in [0.2, 0.25) is 0 Å². The first-order valence-corrected chi connectivity index (χ1v) is 9.21. The van der Waals surface area contributed by atoms with Crippen LogP contribution in [0.25, 0.3) is 0 Å². The maximum absolute atomic E-state index is 12.5. The minimum atomic E-state index is -0.720. The third kappa shape index (κ3) is 3.68. The standard InChI is InChI=1S/C19H20N6O4/c1-24-18(28)16(26)15(17(27)22-13-9-21-29-11-13)23-19(24)25-8-4-5-12(10-25)14-6-2-3-7-20-14/h2-3,6-7,9,11-12,26H,4-5,8,10H2,1H3,(H,22,27). The Balaban J connectivity index is 1.65. The fourth-order valence-electron chi connectivity index (χ4n) is 3.49. The van der Waals surface area contributed by atoms with Gasteiger partial charge in [0.15, 0.2) is 5.69 Å². The summed E-state index contributed by atoms with van der Waals surface area (Å²) in [6.07, 6.45) is 6.16. The first kappa shape index (κ1) is 18.7. The maximum Gasteiger partial charge on any atom is 0.297 e. The fraction of sp³-hybridized carbons (Fsp3) is 0.316.